The molecule has 2 aliphatic heterocycles. The van der Waals surface area contributed by atoms with Gasteiger partial charge >= 0.3 is 0 Å². The maximum absolute atomic E-state index is 13.2. The number of nitrogens with one attached hydrogen (secondary N) is 1. The zero-order valence-electron chi connectivity index (χ0n) is 22.6. The molecular formula is C27H44N4O4S. The van der Waals surface area contributed by atoms with Crippen LogP contribution in [0.25, 0.3) is 0 Å². The number of methoxy groups -OCH3 is 1. The number of benzene rings is 1. The van der Waals surface area contributed by atoms with Crippen molar-refractivity contribution in [1.29, 1.82) is 0 Å². The van der Waals surface area contributed by atoms with Gasteiger partial charge in [0.1, 0.15) is 5.75 Å². The molecule has 1 aromatic carbocycles. The summed E-state index contributed by atoms with van der Waals surface area (Å²) in [4.78, 5) is 18.1. The number of rotatable bonds is 8. The van der Waals surface area contributed by atoms with Crippen LogP contribution in [0.5, 0.6) is 5.75 Å². The third-order valence-electron chi connectivity index (χ3n) is 8.58. The van der Waals surface area contributed by atoms with Crippen molar-refractivity contribution >= 4 is 15.9 Å². The summed E-state index contributed by atoms with van der Waals surface area (Å²) in [5, 5.41) is 3.17. The van der Waals surface area contributed by atoms with Crippen LogP contribution in [-0.4, -0.2) is 94.4 Å². The predicted octanol–water partition coefficient (Wildman–Crippen LogP) is 2.63. The van der Waals surface area contributed by atoms with Gasteiger partial charge < -0.3 is 19.9 Å². The fourth-order valence-electron chi connectivity index (χ4n) is 6.62. The number of likely N-dealkylation sites (tertiary alicyclic amines) is 2. The smallest absolute Gasteiger partial charge is 0.243 e. The predicted molar refractivity (Wildman–Crippen MR) is 142 cm³/mol. The molecule has 4 rings (SSSR count). The van der Waals surface area contributed by atoms with Crippen molar-refractivity contribution in [2.75, 3.05) is 53.9 Å². The van der Waals surface area contributed by atoms with Crippen LogP contribution in [0.3, 0.4) is 0 Å². The molecule has 202 valence electrons. The van der Waals surface area contributed by atoms with Crippen LogP contribution < -0.4 is 10.1 Å². The standard InChI is InChI=1S/C27H44N4O4S/c1-19-14-25(35-5)15-20(2)27(19)36(33,34)30(4)12-11-26(32)28-23-6-8-24(9-7-23)31-13-10-21-16-29(3)17-22(21)18-31/h14-15,21-24H,6-13,16-18H2,1-5H3,(H,28,32)/t21?,22?,23-,24+. The number of piperidine rings is 1. The Labute approximate surface area is 217 Å². The van der Waals surface area contributed by atoms with Crippen LogP contribution in [0, 0.1) is 25.7 Å². The number of carbonyl (C=O) groups excluding carboxylic acids is 1. The second-order valence-electron chi connectivity index (χ2n) is 11.3. The molecule has 9 heteroatoms. The topological polar surface area (TPSA) is 82.2 Å². The largest absolute Gasteiger partial charge is 0.497 e. The molecule has 1 saturated carbocycles. The summed E-state index contributed by atoms with van der Waals surface area (Å²) in [6.45, 7) is 8.62. The molecular weight excluding hydrogens is 476 g/mol. The van der Waals surface area contributed by atoms with Gasteiger partial charge in [0.15, 0.2) is 0 Å². The van der Waals surface area contributed by atoms with Gasteiger partial charge in [-0.1, -0.05) is 0 Å². The van der Waals surface area contributed by atoms with E-state index in [9.17, 15) is 13.2 Å². The van der Waals surface area contributed by atoms with Crippen molar-refractivity contribution < 1.29 is 17.9 Å². The quantitative estimate of drug-likeness (QED) is 0.568. The number of hydrogen-bond acceptors (Lipinski definition) is 6. The lowest BCUT2D eigenvalue weighted by Crippen LogP contribution is -2.49. The molecule has 0 bridgehead atoms. The van der Waals surface area contributed by atoms with Crippen LogP contribution >= 0.6 is 0 Å². The molecule has 3 aliphatic rings. The average Bonchev–Trinajstić information content (AvgIpc) is 3.21. The third-order valence-corrected chi connectivity index (χ3v) is 10.7. The molecule has 0 radical (unpaired) electrons. The molecule has 2 saturated heterocycles. The molecule has 8 nitrogen and oxygen atoms in total. The molecule has 1 aliphatic carbocycles. The first-order valence-electron chi connectivity index (χ1n) is 13.4. The molecule has 0 spiro atoms. The lowest BCUT2D eigenvalue weighted by Gasteiger charge is -2.42. The van der Waals surface area contributed by atoms with Crippen LogP contribution in [0.2, 0.25) is 0 Å². The minimum atomic E-state index is -3.69. The van der Waals surface area contributed by atoms with Crippen molar-refractivity contribution in [2.24, 2.45) is 11.8 Å². The number of aryl methyl sites for hydroxylation is 2. The van der Waals surface area contributed by atoms with E-state index >= 15 is 0 Å². The number of hydrogen-bond donors (Lipinski definition) is 1. The first kappa shape index (κ1) is 27.4. The van der Waals surface area contributed by atoms with Crippen molar-refractivity contribution in [2.45, 2.75) is 69.4 Å². The fourth-order valence-corrected chi connectivity index (χ4v) is 8.19. The minimum absolute atomic E-state index is 0.0709. The molecule has 2 heterocycles. The van der Waals surface area contributed by atoms with Gasteiger partial charge in [0.25, 0.3) is 0 Å². The second kappa shape index (κ2) is 11.4. The summed E-state index contributed by atoms with van der Waals surface area (Å²) in [5.74, 6) is 2.26. The SMILES string of the molecule is COc1cc(C)c(S(=O)(=O)N(C)CCC(=O)N[C@H]2CC[C@@H](N3CCC4CN(C)CC4C3)CC2)c(C)c1. The van der Waals surface area contributed by atoms with E-state index in [4.69, 9.17) is 4.74 Å². The Morgan fingerprint density at radius 3 is 2.33 bits per heavy atom. The number of ether oxygens (including phenoxy) is 1. The highest BCUT2D eigenvalue weighted by atomic mass is 32.2. The Morgan fingerprint density at radius 2 is 1.69 bits per heavy atom. The first-order valence-corrected chi connectivity index (χ1v) is 14.9. The summed E-state index contributed by atoms with van der Waals surface area (Å²) in [7, 11) is 1.66. The van der Waals surface area contributed by atoms with Gasteiger partial charge in [-0.05, 0) is 94.6 Å². The summed E-state index contributed by atoms with van der Waals surface area (Å²) in [5.41, 5.74) is 1.29. The van der Waals surface area contributed by atoms with E-state index in [0.29, 0.717) is 22.9 Å². The average molecular weight is 521 g/mol. The summed E-state index contributed by atoms with van der Waals surface area (Å²) < 4.78 is 32.9. The molecule has 1 aromatic rings. The Bertz CT molecular complexity index is 1020. The van der Waals surface area contributed by atoms with Gasteiger partial charge in [0.2, 0.25) is 15.9 Å². The normalized spacial score (nSPS) is 27.7. The molecule has 1 N–H and O–H groups in total. The molecule has 2 unspecified atom stereocenters. The van der Waals surface area contributed by atoms with Crippen molar-refractivity contribution in [1.82, 2.24) is 19.4 Å². The van der Waals surface area contributed by atoms with Crippen LogP contribution in [0.15, 0.2) is 17.0 Å². The van der Waals surface area contributed by atoms with Crippen LogP contribution in [0.4, 0.5) is 0 Å². The number of fused-ring (bicyclic) bond motifs is 1. The maximum atomic E-state index is 13.2. The number of carbonyl (C=O) groups is 1. The van der Waals surface area contributed by atoms with E-state index in [1.54, 1.807) is 40.1 Å². The highest BCUT2D eigenvalue weighted by Gasteiger charge is 2.38. The fraction of sp³-hybridized carbons (Fsp3) is 0.741. The van der Waals surface area contributed by atoms with Gasteiger partial charge in [-0.25, -0.2) is 12.7 Å². The number of amides is 1. The lowest BCUT2D eigenvalue weighted by atomic mass is 9.84. The first-order chi connectivity index (χ1) is 17.1. The van der Waals surface area contributed by atoms with Crippen LogP contribution in [-0.2, 0) is 14.8 Å². The Balaban J connectivity index is 1.22. The maximum Gasteiger partial charge on any atom is 0.243 e. The number of nitrogens with zero attached hydrogens (tertiary/aromatic N) is 3. The van der Waals surface area contributed by atoms with Crippen molar-refractivity contribution in [3.8, 4) is 5.75 Å². The van der Waals surface area contributed by atoms with E-state index in [-0.39, 0.29) is 29.8 Å². The van der Waals surface area contributed by atoms with E-state index in [0.717, 1.165) is 37.5 Å². The minimum Gasteiger partial charge on any atom is -0.497 e. The van der Waals surface area contributed by atoms with E-state index in [2.05, 4.69) is 22.2 Å². The van der Waals surface area contributed by atoms with Crippen molar-refractivity contribution in [3.63, 3.8) is 0 Å². The summed E-state index contributed by atoms with van der Waals surface area (Å²) in [6, 6.07) is 4.28. The third kappa shape index (κ3) is 6.06. The van der Waals surface area contributed by atoms with Crippen molar-refractivity contribution in [3.05, 3.63) is 23.3 Å². The monoisotopic (exact) mass is 520 g/mol. The lowest BCUT2D eigenvalue weighted by molar-refractivity contribution is -0.122. The van der Waals surface area contributed by atoms with E-state index in [1.165, 1.54) is 36.9 Å². The molecule has 1 amide bonds. The summed E-state index contributed by atoms with van der Waals surface area (Å²) >= 11 is 0. The highest BCUT2D eigenvalue weighted by molar-refractivity contribution is 7.89. The van der Waals surface area contributed by atoms with Gasteiger partial charge in [0, 0.05) is 51.7 Å². The molecule has 2 atom stereocenters. The van der Waals surface area contributed by atoms with E-state index in [1.807, 2.05) is 0 Å². The zero-order chi connectivity index (χ0) is 26.0. The Kier molecular flexibility index (Phi) is 8.64. The number of sulfonamides is 1. The van der Waals surface area contributed by atoms with Gasteiger partial charge in [-0.2, -0.15) is 0 Å². The highest BCUT2D eigenvalue weighted by Crippen LogP contribution is 2.34. The molecule has 3 fully saturated rings. The molecule has 0 aromatic heterocycles. The van der Waals surface area contributed by atoms with Gasteiger partial charge in [0.05, 0.1) is 12.0 Å². The van der Waals surface area contributed by atoms with Crippen LogP contribution in [0.1, 0.15) is 49.7 Å². The summed E-state index contributed by atoms with van der Waals surface area (Å²) in [6.07, 6.45) is 5.73. The Morgan fingerprint density at radius 1 is 1.06 bits per heavy atom. The van der Waals surface area contributed by atoms with E-state index < -0.39 is 10.0 Å². The molecule has 36 heavy (non-hydrogen) atoms. The Hall–Kier alpha value is -1.68. The second-order valence-corrected chi connectivity index (χ2v) is 13.2. The van der Waals surface area contributed by atoms with Gasteiger partial charge in [-0.3, -0.25) is 4.79 Å². The van der Waals surface area contributed by atoms with Gasteiger partial charge in [-0.15, -0.1) is 0 Å². The zero-order valence-corrected chi connectivity index (χ0v) is 23.4.